The van der Waals surface area contributed by atoms with E-state index < -0.39 is 5.91 Å². The van der Waals surface area contributed by atoms with Gasteiger partial charge in [-0.3, -0.25) is 9.59 Å². The molecular weight excluding hydrogens is 407 g/mol. The van der Waals surface area contributed by atoms with Crippen LogP contribution in [-0.4, -0.2) is 46.2 Å². The summed E-state index contributed by atoms with van der Waals surface area (Å²) in [4.78, 5) is 24.9. The van der Waals surface area contributed by atoms with Crippen LogP contribution in [0.5, 0.6) is 17.2 Å². The van der Waals surface area contributed by atoms with Gasteiger partial charge in [0.1, 0.15) is 22.6 Å². The van der Waals surface area contributed by atoms with Crippen molar-refractivity contribution in [1.29, 1.82) is 0 Å². The summed E-state index contributed by atoms with van der Waals surface area (Å²) in [5.41, 5.74) is 0.410. The number of halogens is 2. The van der Waals surface area contributed by atoms with Gasteiger partial charge in [0.25, 0.3) is 11.8 Å². The van der Waals surface area contributed by atoms with Gasteiger partial charge in [-0.1, -0.05) is 29.3 Å². The molecule has 0 heterocycles. The van der Waals surface area contributed by atoms with Crippen molar-refractivity contribution in [2.24, 2.45) is 0 Å². The van der Waals surface area contributed by atoms with Crippen molar-refractivity contribution in [1.82, 2.24) is 10.6 Å². The predicted molar refractivity (Wildman–Crippen MR) is 107 cm³/mol. The topological polar surface area (TPSA) is 85.9 Å². The molecule has 0 atom stereocenters. The minimum atomic E-state index is -0.464. The Bertz CT molecular complexity index is 851. The summed E-state index contributed by atoms with van der Waals surface area (Å²) >= 11 is 12.1. The zero-order chi connectivity index (χ0) is 20.7. The zero-order valence-corrected chi connectivity index (χ0v) is 17.1. The molecule has 0 saturated carbocycles. The van der Waals surface area contributed by atoms with Crippen LogP contribution in [0.25, 0.3) is 0 Å². The van der Waals surface area contributed by atoms with Crippen LogP contribution in [-0.2, 0) is 0 Å². The summed E-state index contributed by atoms with van der Waals surface area (Å²) in [7, 11) is 4.33. The van der Waals surface area contributed by atoms with E-state index in [1.165, 1.54) is 27.4 Å². The van der Waals surface area contributed by atoms with Gasteiger partial charge in [0.05, 0.1) is 31.4 Å². The molecule has 0 bridgehead atoms. The van der Waals surface area contributed by atoms with Crippen LogP contribution in [0.2, 0.25) is 10.0 Å². The van der Waals surface area contributed by atoms with Crippen molar-refractivity contribution in [3.8, 4) is 17.2 Å². The lowest BCUT2D eigenvalue weighted by atomic mass is 10.1. The van der Waals surface area contributed by atoms with E-state index in [4.69, 9.17) is 37.4 Å². The molecule has 2 amide bonds. The van der Waals surface area contributed by atoms with E-state index >= 15 is 0 Å². The number of rotatable bonds is 8. The molecule has 0 unspecified atom stereocenters. The lowest BCUT2D eigenvalue weighted by Gasteiger charge is -2.14. The molecule has 2 aromatic carbocycles. The van der Waals surface area contributed by atoms with E-state index in [1.54, 1.807) is 24.3 Å². The summed E-state index contributed by atoms with van der Waals surface area (Å²) < 4.78 is 15.6. The van der Waals surface area contributed by atoms with Crippen LogP contribution in [0.1, 0.15) is 20.7 Å². The molecule has 9 heteroatoms. The first-order chi connectivity index (χ1) is 13.4. The molecule has 0 saturated heterocycles. The first-order valence-corrected chi connectivity index (χ1v) is 8.99. The summed E-state index contributed by atoms with van der Waals surface area (Å²) in [5, 5.41) is 5.85. The van der Waals surface area contributed by atoms with E-state index in [-0.39, 0.29) is 45.9 Å². The van der Waals surface area contributed by atoms with Gasteiger partial charge < -0.3 is 24.8 Å². The molecule has 2 aromatic rings. The smallest absolute Gasteiger partial charge is 0.258 e. The monoisotopic (exact) mass is 426 g/mol. The molecule has 0 aliphatic heterocycles. The maximum atomic E-state index is 12.5. The lowest BCUT2D eigenvalue weighted by Crippen LogP contribution is -2.35. The lowest BCUT2D eigenvalue weighted by molar-refractivity contribution is 0.0922. The Morgan fingerprint density at radius 2 is 1.29 bits per heavy atom. The van der Waals surface area contributed by atoms with Gasteiger partial charge in [-0.05, 0) is 24.3 Å². The average Bonchev–Trinajstić information content (AvgIpc) is 2.71. The Morgan fingerprint density at radius 3 is 1.79 bits per heavy atom. The maximum absolute atomic E-state index is 12.5. The van der Waals surface area contributed by atoms with E-state index in [1.807, 2.05) is 0 Å². The number of amides is 2. The molecule has 0 fully saturated rings. The van der Waals surface area contributed by atoms with Crippen LogP contribution < -0.4 is 24.8 Å². The molecule has 0 radical (unpaired) electrons. The molecule has 7 nitrogen and oxygen atoms in total. The molecular formula is C19H20Cl2N2O5. The predicted octanol–water partition coefficient (Wildman–Crippen LogP) is 3.18. The average molecular weight is 427 g/mol. The first-order valence-electron chi connectivity index (χ1n) is 8.24. The van der Waals surface area contributed by atoms with Gasteiger partial charge in [0.15, 0.2) is 5.75 Å². The number of benzene rings is 2. The summed E-state index contributed by atoms with van der Waals surface area (Å²) in [5.74, 6) is 0.109. The van der Waals surface area contributed by atoms with Gasteiger partial charge in [-0.2, -0.15) is 0 Å². The Kier molecular flexibility index (Phi) is 7.78. The number of ether oxygens (including phenoxy) is 3. The number of hydrogen-bond donors (Lipinski definition) is 2. The zero-order valence-electron chi connectivity index (χ0n) is 15.6. The highest BCUT2D eigenvalue weighted by molar-refractivity contribution is 6.37. The number of carbonyl (C=O) groups excluding carboxylic acids is 2. The maximum Gasteiger partial charge on any atom is 0.258 e. The van der Waals surface area contributed by atoms with E-state index in [0.717, 1.165) is 0 Å². The van der Waals surface area contributed by atoms with Gasteiger partial charge >= 0.3 is 0 Å². The van der Waals surface area contributed by atoms with Crippen LogP contribution in [0.15, 0.2) is 30.3 Å². The number of hydrogen-bond acceptors (Lipinski definition) is 5. The Hall–Kier alpha value is -2.64. The number of methoxy groups -OCH3 is 3. The molecule has 150 valence electrons. The standard InChI is InChI=1S/C19H20Cl2N2O5/c1-26-13-5-4-6-14(27-2)16(13)19(25)23-10-9-22-18(24)15-11(20)7-8-12(21)17(15)28-3/h4-8H,9-10H2,1-3H3,(H,22,24)(H,23,25). The fourth-order valence-electron chi connectivity index (χ4n) is 2.55. The minimum absolute atomic E-state index is 0.134. The van der Waals surface area contributed by atoms with Gasteiger partial charge in [0.2, 0.25) is 0 Å². The second-order valence-electron chi connectivity index (χ2n) is 5.49. The molecule has 2 rings (SSSR count). The van der Waals surface area contributed by atoms with Gasteiger partial charge in [0, 0.05) is 13.1 Å². The highest BCUT2D eigenvalue weighted by Crippen LogP contribution is 2.33. The van der Waals surface area contributed by atoms with E-state index in [2.05, 4.69) is 10.6 Å². The fourth-order valence-corrected chi connectivity index (χ4v) is 3.02. The second kappa shape index (κ2) is 10.1. The van der Waals surface area contributed by atoms with Crippen molar-refractivity contribution >= 4 is 35.0 Å². The largest absolute Gasteiger partial charge is 0.496 e. The van der Waals surface area contributed by atoms with Crippen molar-refractivity contribution in [3.05, 3.63) is 51.5 Å². The Morgan fingerprint density at radius 1 is 0.786 bits per heavy atom. The summed E-state index contributed by atoms with van der Waals surface area (Å²) in [6, 6.07) is 8.09. The third-order valence-corrected chi connectivity index (χ3v) is 4.45. The third-order valence-electron chi connectivity index (χ3n) is 3.84. The van der Waals surface area contributed by atoms with Gasteiger partial charge in [-0.15, -0.1) is 0 Å². The number of nitrogens with one attached hydrogen (secondary N) is 2. The molecule has 28 heavy (non-hydrogen) atoms. The fraction of sp³-hybridized carbons (Fsp3) is 0.263. The summed E-state index contributed by atoms with van der Waals surface area (Å²) in [6.07, 6.45) is 0. The van der Waals surface area contributed by atoms with E-state index in [0.29, 0.717) is 11.5 Å². The van der Waals surface area contributed by atoms with Crippen LogP contribution in [0, 0.1) is 0 Å². The van der Waals surface area contributed by atoms with Crippen LogP contribution >= 0.6 is 23.2 Å². The summed E-state index contributed by atoms with van der Waals surface area (Å²) in [6.45, 7) is 0.334. The van der Waals surface area contributed by atoms with Crippen molar-refractivity contribution in [2.75, 3.05) is 34.4 Å². The molecule has 2 N–H and O–H groups in total. The normalized spacial score (nSPS) is 10.2. The molecule has 0 aliphatic carbocycles. The Labute approximate surface area is 172 Å². The van der Waals surface area contributed by atoms with E-state index in [9.17, 15) is 9.59 Å². The minimum Gasteiger partial charge on any atom is -0.496 e. The van der Waals surface area contributed by atoms with Crippen molar-refractivity contribution in [2.45, 2.75) is 0 Å². The first kappa shape index (κ1) is 21.7. The molecule has 0 aliphatic rings. The quantitative estimate of drug-likeness (QED) is 0.633. The Balaban J connectivity index is 2.00. The highest BCUT2D eigenvalue weighted by atomic mass is 35.5. The van der Waals surface area contributed by atoms with Crippen LogP contribution in [0.4, 0.5) is 0 Å². The number of carbonyl (C=O) groups is 2. The third kappa shape index (κ3) is 4.79. The van der Waals surface area contributed by atoms with Crippen molar-refractivity contribution in [3.63, 3.8) is 0 Å². The second-order valence-corrected chi connectivity index (χ2v) is 6.30. The van der Waals surface area contributed by atoms with Crippen LogP contribution in [0.3, 0.4) is 0 Å². The SMILES string of the molecule is COc1cccc(OC)c1C(=O)NCCNC(=O)c1c(Cl)ccc(Cl)c1OC. The van der Waals surface area contributed by atoms with Gasteiger partial charge in [-0.25, -0.2) is 0 Å². The molecule has 0 spiro atoms. The van der Waals surface area contributed by atoms with Crippen molar-refractivity contribution < 1.29 is 23.8 Å². The molecule has 0 aromatic heterocycles. The highest BCUT2D eigenvalue weighted by Gasteiger charge is 2.20.